The Morgan fingerprint density at radius 1 is 1.07 bits per heavy atom. The second-order valence-electron chi connectivity index (χ2n) is 6.92. The van der Waals surface area contributed by atoms with Crippen molar-refractivity contribution in [1.82, 2.24) is 0 Å². The van der Waals surface area contributed by atoms with Crippen LogP contribution in [0.4, 0.5) is 24.5 Å². The van der Waals surface area contributed by atoms with Gasteiger partial charge in [-0.1, -0.05) is 12.1 Å². The summed E-state index contributed by atoms with van der Waals surface area (Å²) >= 11 is 0. The van der Waals surface area contributed by atoms with Gasteiger partial charge in [-0.05, 0) is 61.4 Å². The van der Waals surface area contributed by atoms with Gasteiger partial charge in [0, 0.05) is 18.2 Å². The van der Waals surface area contributed by atoms with Crippen LogP contribution in [0, 0.1) is 31.3 Å². The van der Waals surface area contributed by atoms with Crippen LogP contribution in [0.1, 0.15) is 11.1 Å². The molecule has 1 N–H and O–H groups in total. The minimum absolute atomic E-state index is 0.0487. The second-order valence-corrected chi connectivity index (χ2v) is 6.92. The molecule has 4 nitrogen and oxygen atoms in total. The van der Waals surface area contributed by atoms with Crippen molar-refractivity contribution < 1.29 is 27.8 Å². The molecule has 7 heteroatoms. The largest absolute Gasteiger partial charge is 0.482 e. The van der Waals surface area contributed by atoms with Gasteiger partial charge in [-0.3, -0.25) is 0 Å². The van der Waals surface area contributed by atoms with Gasteiger partial charge in [-0.25, -0.2) is 18.0 Å². The van der Waals surface area contributed by atoms with Gasteiger partial charge in [0.05, 0.1) is 11.4 Å². The highest BCUT2D eigenvalue weighted by atomic mass is 19.1. The van der Waals surface area contributed by atoms with Crippen molar-refractivity contribution in [3.05, 3.63) is 77.1 Å². The molecule has 156 valence electrons. The van der Waals surface area contributed by atoms with E-state index in [4.69, 9.17) is 9.84 Å². The van der Waals surface area contributed by atoms with Crippen molar-refractivity contribution in [1.29, 1.82) is 0 Å². The number of hydrogen-bond acceptors (Lipinski definition) is 3. The molecule has 0 radical (unpaired) electrons. The molecule has 30 heavy (non-hydrogen) atoms. The fourth-order valence-corrected chi connectivity index (χ4v) is 3.34. The molecule has 0 spiro atoms. The minimum atomic E-state index is -1.17. The van der Waals surface area contributed by atoms with Crippen LogP contribution in [0.15, 0.2) is 48.5 Å². The van der Waals surface area contributed by atoms with E-state index in [1.54, 1.807) is 32.0 Å². The van der Waals surface area contributed by atoms with E-state index in [0.29, 0.717) is 16.7 Å². The molecule has 0 unspecified atom stereocenters. The highest BCUT2D eigenvalue weighted by Crippen LogP contribution is 2.39. The lowest BCUT2D eigenvalue weighted by molar-refractivity contribution is -0.139. The summed E-state index contributed by atoms with van der Waals surface area (Å²) in [5.41, 5.74) is 1.72. The number of halogens is 3. The summed E-state index contributed by atoms with van der Waals surface area (Å²) in [5, 5.41) is 8.82. The molecule has 0 aliphatic heterocycles. The average molecular weight is 415 g/mol. The number of rotatable bonds is 6. The summed E-state index contributed by atoms with van der Waals surface area (Å²) in [6.45, 7) is 2.74. The van der Waals surface area contributed by atoms with E-state index in [2.05, 4.69) is 0 Å². The topological polar surface area (TPSA) is 49.8 Å². The number of anilines is 2. The Bertz CT molecular complexity index is 1120. The first-order valence-electron chi connectivity index (χ1n) is 9.12. The molecule has 0 aromatic heterocycles. The molecule has 0 aliphatic rings. The molecule has 0 saturated carbocycles. The summed E-state index contributed by atoms with van der Waals surface area (Å²) in [5.74, 6) is -2.74. The van der Waals surface area contributed by atoms with E-state index >= 15 is 4.39 Å². The van der Waals surface area contributed by atoms with Gasteiger partial charge in [-0.15, -0.1) is 0 Å². The Kier molecular flexibility index (Phi) is 6.01. The molecule has 0 amide bonds. The van der Waals surface area contributed by atoms with E-state index in [9.17, 15) is 13.6 Å². The van der Waals surface area contributed by atoms with Crippen molar-refractivity contribution in [2.45, 2.75) is 13.8 Å². The lowest BCUT2D eigenvalue weighted by atomic mass is 10.0. The Morgan fingerprint density at radius 2 is 1.80 bits per heavy atom. The monoisotopic (exact) mass is 415 g/mol. The number of carbonyl (C=O) groups is 1. The molecular formula is C23H20F3NO3. The Labute approximate surface area is 172 Å². The van der Waals surface area contributed by atoms with Crippen LogP contribution in [0.2, 0.25) is 0 Å². The quantitative estimate of drug-likeness (QED) is 0.568. The highest BCUT2D eigenvalue weighted by Gasteiger charge is 2.21. The first kappa shape index (κ1) is 21.2. The predicted molar refractivity (Wildman–Crippen MR) is 109 cm³/mol. The molecule has 0 aliphatic carbocycles. The van der Waals surface area contributed by atoms with Crippen LogP contribution in [0.3, 0.4) is 0 Å². The van der Waals surface area contributed by atoms with Crippen molar-refractivity contribution in [3.63, 3.8) is 0 Å². The molecule has 3 aromatic rings. The summed E-state index contributed by atoms with van der Waals surface area (Å²) in [6.07, 6.45) is 0. The van der Waals surface area contributed by atoms with Gasteiger partial charge in [0.15, 0.2) is 12.4 Å². The van der Waals surface area contributed by atoms with Crippen molar-refractivity contribution in [2.24, 2.45) is 0 Å². The van der Waals surface area contributed by atoms with E-state index < -0.39 is 30.0 Å². The summed E-state index contributed by atoms with van der Waals surface area (Å²) in [6, 6.07) is 11.2. The molecule has 0 atom stereocenters. The van der Waals surface area contributed by atoms with E-state index in [1.807, 2.05) is 0 Å². The third kappa shape index (κ3) is 4.25. The number of ether oxygens (including phenoxy) is 1. The minimum Gasteiger partial charge on any atom is -0.482 e. The fraction of sp³-hybridized carbons (Fsp3) is 0.174. The van der Waals surface area contributed by atoms with E-state index in [1.165, 1.54) is 36.2 Å². The normalized spacial score (nSPS) is 10.7. The number of carboxylic acids is 1. The van der Waals surface area contributed by atoms with Gasteiger partial charge in [0.1, 0.15) is 17.4 Å². The Morgan fingerprint density at radius 3 is 2.47 bits per heavy atom. The fourth-order valence-electron chi connectivity index (χ4n) is 3.34. The SMILES string of the molecule is Cc1cc(-c2cccc(F)c2)c(F)c(N(C)c2c(F)ccc(OCC(=O)O)c2C)c1. The van der Waals surface area contributed by atoms with Gasteiger partial charge in [0.2, 0.25) is 0 Å². The van der Waals surface area contributed by atoms with Crippen LogP contribution in [-0.2, 0) is 4.79 Å². The lowest BCUT2D eigenvalue weighted by Gasteiger charge is -2.25. The third-order valence-corrected chi connectivity index (χ3v) is 4.71. The molecule has 0 heterocycles. The number of nitrogens with zero attached hydrogens (tertiary/aromatic N) is 1. The van der Waals surface area contributed by atoms with Crippen molar-refractivity contribution >= 4 is 17.3 Å². The number of aliphatic carboxylic acids is 1. The van der Waals surface area contributed by atoms with Crippen molar-refractivity contribution in [3.8, 4) is 16.9 Å². The van der Waals surface area contributed by atoms with Gasteiger partial charge >= 0.3 is 5.97 Å². The Hall–Kier alpha value is -3.48. The van der Waals surface area contributed by atoms with E-state index in [0.717, 1.165) is 6.07 Å². The second kappa shape index (κ2) is 8.49. The predicted octanol–water partition coefficient (Wildman–Crippen LogP) is 5.62. The zero-order chi connectivity index (χ0) is 22.0. The smallest absolute Gasteiger partial charge is 0.341 e. The van der Waals surface area contributed by atoms with Gasteiger partial charge < -0.3 is 14.7 Å². The summed E-state index contributed by atoms with van der Waals surface area (Å²) in [7, 11) is 1.50. The molecule has 0 fully saturated rings. The molecule has 0 bridgehead atoms. The zero-order valence-corrected chi connectivity index (χ0v) is 16.7. The molecule has 3 rings (SSSR count). The summed E-state index contributed by atoms with van der Waals surface area (Å²) < 4.78 is 49.0. The van der Waals surface area contributed by atoms with E-state index in [-0.39, 0.29) is 22.7 Å². The first-order chi connectivity index (χ1) is 14.2. The van der Waals surface area contributed by atoms with Gasteiger partial charge in [0.25, 0.3) is 0 Å². The van der Waals surface area contributed by atoms with Gasteiger partial charge in [-0.2, -0.15) is 0 Å². The third-order valence-electron chi connectivity index (χ3n) is 4.71. The van der Waals surface area contributed by atoms with Crippen LogP contribution in [-0.4, -0.2) is 24.7 Å². The Balaban J connectivity index is 2.11. The number of aryl methyl sites for hydroxylation is 1. The number of carboxylic acid groups (broad SMARTS) is 1. The maximum Gasteiger partial charge on any atom is 0.341 e. The molecular weight excluding hydrogens is 395 g/mol. The van der Waals surface area contributed by atoms with Crippen LogP contribution in [0.5, 0.6) is 5.75 Å². The number of hydrogen-bond donors (Lipinski definition) is 1. The maximum atomic E-state index is 15.4. The van der Waals surface area contributed by atoms with Crippen molar-refractivity contribution in [2.75, 3.05) is 18.6 Å². The summed E-state index contributed by atoms with van der Waals surface area (Å²) in [4.78, 5) is 12.1. The maximum absolute atomic E-state index is 15.4. The first-order valence-corrected chi connectivity index (χ1v) is 9.12. The average Bonchev–Trinajstić information content (AvgIpc) is 2.68. The zero-order valence-electron chi connectivity index (χ0n) is 16.7. The lowest BCUT2D eigenvalue weighted by Crippen LogP contribution is -2.17. The van der Waals surface area contributed by atoms with Crippen LogP contribution >= 0.6 is 0 Å². The van der Waals surface area contributed by atoms with Crippen LogP contribution in [0.25, 0.3) is 11.1 Å². The molecule has 0 saturated heterocycles. The van der Waals surface area contributed by atoms with Crippen LogP contribution < -0.4 is 9.64 Å². The molecule has 3 aromatic carbocycles. The standard InChI is InChI=1S/C23H20F3NO3/c1-13-9-17(15-5-4-6-16(24)11-15)22(26)19(10-13)27(3)23-14(2)20(8-7-18(23)25)30-12-21(28)29/h4-11H,12H2,1-3H3,(H,28,29). The number of benzene rings is 3. The highest BCUT2D eigenvalue weighted by molar-refractivity contribution is 5.76.